The molecule has 3 aromatic carbocycles. The van der Waals surface area contributed by atoms with Gasteiger partial charge < -0.3 is 10.2 Å². The maximum absolute atomic E-state index is 4.16. The minimum absolute atomic E-state index is 0.505. The van der Waals surface area contributed by atoms with E-state index in [1.165, 1.54) is 17.1 Å². The van der Waals surface area contributed by atoms with Gasteiger partial charge in [0.05, 0.1) is 0 Å². The molecule has 0 aliphatic rings. The molecule has 1 atom stereocenters. The summed E-state index contributed by atoms with van der Waals surface area (Å²) in [5, 5.41) is 3.28. The molecule has 0 amide bonds. The van der Waals surface area contributed by atoms with Gasteiger partial charge in [0.2, 0.25) is 0 Å². The molecular formula is C29H35N3. The van der Waals surface area contributed by atoms with Gasteiger partial charge in [-0.15, -0.1) is 0 Å². The quantitative estimate of drug-likeness (QED) is 0.336. The van der Waals surface area contributed by atoms with Crippen LogP contribution in [0.3, 0.4) is 0 Å². The van der Waals surface area contributed by atoms with Crippen LogP contribution in [0.5, 0.6) is 0 Å². The van der Waals surface area contributed by atoms with E-state index in [-0.39, 0.29) is 0 Å². The van der Waals surface area contributed by atoms with Gasteiger partial charge in [0.25, 0.3) is 0 Å². The maximum atomic E-state index is 4.16. The van der Waals surface area contributed by atoms with Crippen molar-refractivity contribution >= 4 is 22.9 Å². The molecule has 0 saturated carbocycles. The number of hydrogen-bond acceptors (Lipinski definition) is 3. The summed E-state index contributed by atoms with van der Waals surface area (Å²) < 4.78 is 0. The lowest BCUT2D eigenvalue weighted by molar-refractivity contribution is 0.759. The van der Waals surface area contributed by atoms with Gasteiger partial charge in [-0.1, -0.05) is 81.4 Å². The van der Waals surface area contributed by atoms with Crippen LogP contribution in [0.1, 0.15) is 34.1 Å². The van der Waals surface area contributed by atoms with Crippen molar-refractivity contribution in [1.82, 2.24) is 4.98 Å². The molecule has 0 aliphatic heterocycles. The Bertz CT molecular complexity index is 864. The number of aromatic nitrogens is 1. The van der Waals surface area contributed by atoms with Gasteiger partial charge in [-0.25, -0.2) is 4.98 Å². The molecule has 32 heavy (non-hydrogen) atoms. The first-order valence-electron chi connectivity index (χ1n) is 11.4. The predicted octanol–water partition coefficient (Wildman–Crippen LogP) is 8.47. The third-order valence-electron chi connectivity index (χ3n) is 4.71. The summed E-state index contributed by atoms with van der Waals surface area (Å²) in [6.45, 7) is 8.30. The summed E-state index contributed by atoms with van der Waals surface area (Å²) >= 11 is 0. The van der Waals surface area contributed by atoms with Crippen molar-refractivity contribution in [2.75, 3.05) is 10.2 Å². The Balaban J connectivity index is 0.000000239. The number of hydrogen-bond donors (Lipinski definition) is 1. The molecule has 1 aromatic heterocycles. The lowest BCUT2D eigenvalue weighted by Crippen LogP contribution is -2.13. The highest BCUT2D eigenvalue weighted by Gasteiger charge is 2.10. The lowest BCUT2D eigenvalue weighted by atomic mass is 10.2. The number of nitrogens with zero attached hydrogens (tertiary/aromatic N) is 2. The van der Waals surface area contributed by atoms with Crippen LogP contribution in [-0.4, -0.2) is 11.0 Å². The molecule has 1 unspecified atom stereocenters. The highest BCUT2D eigenvalue weighted by atomic mass is 15.1. The second-order valence-corrected chi connectivity index (χ2v) is 7.01. The van der Waals surface area contributed by atoms with E-state index in [0.29, 0.717) is 6.04 Å². The normalized spacial score (nSPS) is 10.5. The first-order chi connectivity index (χ1) is 15.8. The summed E-state index contributed by atoms with van der Waals surface area (Å²) in [4.78, 5) is 6.41. The molecule has 1 heterocycles. The number of nitrogens with one attached hydrogen (secondary N) is 1. The number of benzene rings is 3. The Morgan fingerprint density at radius 2 is 1.06 bits per heavy atom. The fraction of sp³-hybridized carbons (Fsp3) is 0.207. The SMILES string of the molecule is CC.CCC(C)Nc1ccccn1.c1ccc(N(c2ccccc2)c2ccccc2)cc1. The van der Waals surface area contributed by atoms with E-state index in [9.17, 15) is 0 Å². The smallest absolute Gasteiger partial charge is 0.126 e. The number of anilines is 4. The van der Waals surface area contributed by atoms with Crippen molar-refractivity contribution in [2.45, 2.75) is 40.2 Å². The molecule has 0 saturated heterocycles. The van der Waals surface area contributed by atoms with Crippen LogP contribution in [0.4, 0.5) is 22.9 Å². The first kappa shape index (κ1) is 24.7. The largest absolute Gasteiger partial charge is 0.368 e. The van der Waals surface area contributed by atoms with Gasteiger partial charge in [0.15, 0.2) is 0 Å². The molecule has 0 fully saturated rings. The van der Waals surface area contributed by atoms with Crippen LogP contribution in [0.15, 0.2) is 115 Å². The van der Waals surface area contributed by atoms with Crippen LogP contribution in [0, 0.1) is 0 Å². The van der Waals surface area contributed by atoms with Gasteiger partial charge >= 0.3 is 0 Å². The Labute approximate surface area is 193 Å². The predicted molar refractivity (Wildman–Crippen MR) is 140 cm³/mol. The van der Waals surface area contributed by atoms with Crippen molar-refractivity contribution in [1.29, 1.82) is 0 Å². The van der Waals surface area contributed by atoms with Gasteiger partial charge in [-0.05, 0) is 61.9 Å². The second-order valence-electron chi connectivity index (χ2n) is 7.01. The van der Waals surface area contributed by atoms with Crippen molar-refractivity contribution in [3.05, 3.63) is 115 Å². The Morgan fingerprint density at radius 3 is 1.41 bits per heavy atom. The molecule has 1 N–H and O–H groups in total. The zero-order valence-electron chi connectivity index (χ0n) is 19.6. The Morgan fingerprint density at radius 1 is 0.656 bits per heavy atom. The van der Waals surface area contributed by atoms with Crippen LogP contribution in [0.25, 0.3) is 0 Å². The van der Waals surface area contributed by atoms with E-state index in [2.05, 4.69) is 102 Å². The van der Waals surface area contributed by atoms with E-state index in [1.807, 2.05) is 50.2 Å². The van der Waals surface area contributed by atoms with Gasteiger partial charge in [0, 0.05) is 29.3 Å². The highest BCUT2D eigenvalue weighted by Crippen LogP contribution is 2.33. The standard InChI is InChI=1S/C18H15N.C9H14N2.C2H6/c1-4-10-16(11-5-1)19(17-12-6-2-7-13-17)18-14-8-3-9-15-18;1-3-8(2)11-9-6-4-5-7-10-9;1-2/h1-15H;4-8H,3H2,1-2H3,(H,10,11);1-2H3. The van der Waals surface area contributed by atoms with Gasteiger partial charge in [-0.2, -0.15) is 0 Å². The molecule has 0 aliphatic carbocycles. The van der Waals surface area contributed by atoms with Crippen LogP contribution < -0.4 is 10.2 Å². The summed E-state index contributed by atoms with van der Waals surface area (Å²) in [7, 11) is 0. The van der Waals surface area contributed by atoms with E-state index in [4.69, 9.17) is 0 Å². The molecule has 4 aromatic rings. The average Bonchev–Trinajstić information content (AvgIpc) is 2.88. The third-order valence-corrected chi connectivity index (χ3v) is 4.71. The van der Waals surface area contributed by atoms with Crippen LogP contribution in [0.2, 0.25) is 0 Å². The fourth-order valence-corrected chi connectivity index (χ4v) is 2.98. The first-order valence-corrected chi connectivity index (χ1v) is 11.4. The number of pyridine rings is 1. The van der Waals surface area contributed by atoms with Crippen LogP contribution in [-0.2, 0) is 0 Å². The number of para-hydroxylation sites is 3. The molecule has 0 spiro atoms. The monoisotopic (exact) mass is 425 g/mol. The molecule has 166 valence electrons. The van der Waals surface area contributed by atoms with E-state index in [0.717, 1.165) is 12.2 Å². The van der Waals surface area contributed by atoms with E-state index in [1.54, 1.807) is 6.20 Å². The van der Waals surface area contributed by atoms with E-state index < -0.39 is 0 Å². The Kier molecular flexibility index (Phi) is 11.1. The van der Waals surface area contributed by atoms with Crippen LogP contribution >= 0.6 is 0 Å². The summed E-state index contributed by atoms with van der Waals surface area (Å²) in [6, 6.07) is 37.6. The minimum atomic E-state index is 0.505. The molecule has 3 nitrogen and oxygen atoms in total. The van der Waals surface area contributed by atoms with E-state index >= 15 is 0 Å². The van der Waals surface area contributed by atoms with Crippen molar-refractivity contribution in [3.8, 4) is 0 Å². The molecule has 3 heteroatoms. The summed E-state index contributed by atoms with van der Waals surface area (Å²) in [5.74, 6) is 0.960. The second kappa shape index (κ2) is 14.4. The lowest BCUT2D eigenvalue weighted by Gasteiger charge is -2.25. The van der Waals surface area contributed by atoms with Crippen molar-refractivity contribution in [2.24, 2.45) is 0 Å². The molecular weight excluding hydrogens is 390 g/mol. The maximum Gasteiger partial charge on any atom is 0.126 e. The minimum Gasteiger partial charge on any atom is -0.368 e. The highest BCUT2D eigenvalue weighted by molar-refractivity contribution is 5.76. The summed E-state index contributed by atoms with van der Waals surface area (Å²) in [6.07, 6.45) is 2.92. The Hall–Kier alpha value is -3.59. The van der Waals surface area contributed by atoms with Gasteiger partial charge in [-0.3, -0.25) is 0 Å². The molecule has 0 bridgehead atoms. The summed E-state index contributed by atoms with van der Waals surface area (Å²) in [5.41, 5.74) is 3.50. The third kappa shape index (κ3) is 7.92. The molecule has 0 radical (unpaired) electrons. The van der Waals surface area contributed by atoms with Crippen molar-refractivity contribution < 1.29 is 0 Å². The van der Waals surface area contributed by atoms with Crippen molar-refractivity contribution in [3.63, 3.8) is 0 Å². The zero-order valence-corrected chi connectivity index (χ0v) is 19.6. The molecule has 4 rings (SSSR count). The average molecular weight is 426 g/mol. The zero-order chi connectivity index (χ0) is 23.0. The fourth-order valence-electron chi connectivity index (χ4n) is 2.98. The van der Waals surface area contributed by atoms with Gasteiger partial charge in [0.1, 0.15) is 5.82 Å². The topological polar surface area (TPSA) is 28.2 Å². The number of rotatable bonds is 6.